The molecule has 9 aromatic carbocycles. The van der Waals surface area contributed by atoms with Crippen molar-refractivity contribution in [3.63, 3.8) is 0 Å². The average molecular weight is 1180 g/mol. The quantitative estimate of drug-likeness (QED) is 0.149. The van der Waals surface area contributed by atoms with E-state index in [2.05, 4.69) is 11.1 Å². The van der Waals surface area contributed by atoms with Crippen LogP contribution in [-0.4, -0.2) is 14.1 Å². The Kier molecular flexibility index (Phi) is 13.4. The molecule has 0 N–H and O–H groups in total. The predicted octanol–water partition coefficient (Wildman–Crippen LogP) is 21.2. The van der Waals surface area contributed by atoms with Crippen LogP contribution in [-0.2, 0) is 24.7 Å². The molecule has 4 nitrogen and oxygen atoms in total. The van der Waals surface area contributed by atoms with Crippen molar-refractivity contribution < 1.29 is 57.1 Å². The lowest BCUT2D eigenvalue weighted by atomic mass is 9.98. The van der Waals surface area contributed by atoms with Gasteiger partial charge in [0.1, 0.15) is 17.4 Å². The van der Waals surface area contributed by atoms with Gasteiger partial charge in [-0.3, -0.25) is 4.98 Å². The molecule has 86 heavy (non-hydrogen) atoms. The molecule has 12 rings (SSSR count). The van der Waals surface area contributed by atoms with Gasteiger partial charge in [-0.1, -0.05) is 66.7 Å². The Bertz CT molecular complexity index is 4320. The normalized spacial score (nSPS) is 12.5. The van der Waals surface area contributed by atoms with Crippen LogP contribution in [0.4, 0.5) is 57.1 Å². The van der Waals surface area contributed by atoms with E-state index in [1.165, 1.54) is 32.9 Å². The number of hydrogen-bond donors (Lipinski definition) is 0. The molecular weight excluding hydrogens is 1130 g/mol. The Hall–Kier alpha value is -9.69. The van der Waals surface area contributed by atoms with Gasteiger partial charge in [0.2, 0.25) is 0 Å². The van der Waals surface area contributed by atoms with Crippen molar-refractivity contribution in [3.8, 4) is 73.1 Å². The number of halogens is 13. The molecule has 430 valence electrons. The first kappa shape index (κ1) is 56.8. The van der Waals surface area contributed by atoms with E-state index in [1.54, 1.807) is 126 Å². The van der Waals surface area contributed by atoms with Crippen LogP contribution in [0.15, 0.2) is 170 Å². The van der Waals surface area contributed by atoms with Crippen molar-refractivity contribution in [3.05, 3.63) is 232 Å². The van der Waals surface area contributed by atoms with E-state index in [9.17, 15) is 57.9 Å². The molecule has 0 aliphatic carbocycles. The summed E-state index contributed by atoms with van der Waals surface area (Å²) >= 11 is 0. The van der Waals surface area contributed by atoms with Crippen LogP contribution in [0.3, 0.4) is 0 Å². The zero-order valence-electron chi connectivity index (χ0n) is 45.9. The van der Waals surface area contributed by atoms with Crippen molar-refractivity contribution in [2.45, 2.75) is 59.3 Å². The Balaban J connectivity index is 1.24. The number of nitriles is 1. The number of benzene rings is 9. The Labute approximate surface area is 482 Å². The van der Waals surface area contributed by atoms with Crippen LogP contribution in [0.5, 0.6) is 0 Å². The van der Waals surface area contributed by atoms with E-state index in [4.69, 9.17) is 0 Å². The van der Waals surface area contributed by atoms with Gasteiger partial charge in [0.25, 0.3) is 0 Å². The fourth-order valence-corrected chi connectivity index (χ4v) is 11.8. The van der Waals surface area contributed by atoms with E-state index >= 15 is 4.39 Å². The summed E-state index contributed by atoms with van der Waals surface area (Å²) in [6.07, 6.45) is -19.1. The first-order valence-corrected chi connectivity index (χ1v) is 26.7. The highest BCUT2D eigenvalue weighted by atomic mass is 19.4. The van der Waals surface area contributed by atoms with Gasteiger partial charge in [-0.05, 0) is 210 Å². The van der Waals surface area contributed by atoms with E-state index in [1.807, 2.05) is 0 Å². The fourth-order valence-electron chi connectivity index (χ4n) is 11.8. The Morgan fingerprint density at radius 3 is 0.907 bits per heavy atom. The summed E-state index contributed by atoms with van der Waals surface area (Å²) in [5, 5.41) is 14.0. The molecule has 0 unspecified atom stereocenters. The van der Waals surface area contributed by atoms with Crippen molar-refractivity contribution in [1.29, 1.82) is 5.26 Å². The minimum absolute atomic E-state index is 0.0784. The van der Waals surface area contributed by atoms with Gasteiger partial charge in [-0.25, -0.2) is 4.39 Å². The summed E-state index contributed by atoms with van der Waals surface area (Å²) < 4.78 is 192. The van der Waals surface area contributed by atoms with Gasteiger partial charge >= 0.3 is 24.7 Å². The number of alkyl halides is 12. The number of nitrogens with zero attached hydrogens (tertiary/aromatic N) is 4. The van der Waals surface area contributed by atoms with Gasteiger partial charge in [0.15, 0.2) is 0 Å². The summed E-state index contributed by atoms with van der Waals surface area (Å²) in [7, 11) is 0. The lowest BCUT2D eigenvalue weighted by Crippen LogP contribution is -2.06. The topological polar surface area (TPSA) is 46.5 Å². The SMILES string of the molecule is Cc1cc(-c2ccc3c4ccc(-c5cc(C)cc(C(F)(F)F)c5)cc4n(-c4cc(-c5cc(C)nc(C)c5)cc(-n5c6cc(-c7cc(C)cc(C(F)(F)F)c7)ccc6c6ccc(-c7cc(F)cc(C(F)(F)F)c7)cc65)c4C#N)c3c2)cc(C(F)(F)F)c1. The van der Waals surface area contributed by atoms with E-state index in [0.29, 0.717) is 100 Å². The molecule has 0 spiro atoms. The van der Waals surface area contributed by atoms with Crippen molar-refractivity contribution in [2.24, 2.45) is 0 Å². The molecule has 3 heterocycles. The van der Waals surface area contributed by atoms with Crippen LogP contribution in [0, 0.1) is 51.8 Å². The Morgan fingerprint density at radius 1 is 0.326 bits per heavy atom. The molecule has 0 bridgehead atoms. The van der Waals surface area contributed by atoms with E-state index in [0.717, 1.165) is 48.5 Å². The first-order chi connectivity index (χ1) is 40.5. The number of fused-ring (bicyclic) bond motifs is 6. The van der Waals surface area contributed by atoms with Gasteiger partial charge in [0.05, 0.1) is 55.7 Å². The van der Waals surface area contributed by atoms with Gasteiger partial charge in [-0.15, -0.1) is 0 Å². The van der Waals surface area contributed by atoms with Gasteiger partial charge in [0, 0.05) is 32.9 Å². The van der Waals surface area contributed by atoms with Crippen LogP contribution >= 0.6 is 0 Å². The summed E-state index contributed by atoms with van der Waals surface area (Å²) in [5.74, 6) is -1.17. The highest BCUT2D eigenvalue weighted by molar-refractivity contribution is 6.13. The summed E-state index contributed by atoms with van der Waals surface area (Å²) in [5.41, 5.74) is 2.11. The molecule has 12 aromatic rings. The zero-order chi connectivity index (χ0) is 61.3. The van der Waals surface area contributed by atoms with E-state index in [-0.39, 0.29) is 50.3 Å². The maximum atomic E-state index is 15.3. The third kappa shape index (κ3) is 10.4. The van der Waals surface area contributed by atoms with E-state index < -0.39 is 52.8 Å². The monoisotopic (exact) mass is 1170 g/mol. The number of aryl methyl sites for hydroxylation is 5. The highest BCUT2D eigenvalue weighted by Crippen LogP contribution is 2.46. The number of aromatic nitrogens is 3. The molecule has 0 amide bonds. The summed E-state index contributed by atoms with van der Waals surface area (Å²) in [6.45, 7) is 8.11. The number of rotatable bonds is 7. The van der Waals surface area contributed by atoms with Crippen molar-refractivity contribution >= 4 is 43.6 Å². The van der Waals surface area contributed by atoms with Crippen LogP contribution in [0.2, 0.25) is 0 Å². The molecular formula is C69H43F13N4. The second-order valence-electron chi connectivity index (χ2n) is 21.7. The molecule has 0 saturated heterocycles. The standard InChI is InChI=1S/C69H43F13N4/c1-35-14-44(22-50(17-35)66(71,72)73)40-6-10-55-56-11-7-41(45-15-36(2)18-51(23-45)67(74,75)76)28-61(56)85(60(55)27-40)64-31-49(47-20-38(4)84-39(5)21-47)32-65(59(64)34-83)86-62-29-42(46-16-37(3)19-52(24-46)68(77,78)79)8-12-57(62)58-13-9-43(30-63(58)86)48-25-53(69(80,81)82)33-54(70)26-48/h6-33H,1-5H3. The molecule has 0 saturated carbocycles. The third-order valence-electron chi connectivity index (χ3n) is 15.4. The average Bonchev–Trinajstić information content (AvgIpc) is 1.60. The van der Waals surface area contributed by atoms with Crippen LogP contribution < -0.4 is 0 Å². The fraction of sp³-hybridized carbons (Fsp3) is 0.130. The molecule has 0 atom stereocenters. The molecule has 3 aromatic heterocycles. The second kappa shape index (κ2) is 20.2. The number of hydrogen-bond acceptors (Lipinski definition) is 2. The maximum Gasteiger partial charge on any atom is 0.416 e. The largest absolute Gasteiger partial charge is 0.416 e. The minimum atomic E-state index is -4.94. The molecule has 17 heteroatoms. The summed E-state index contributed by atoms with van der Waals surface area (Å²) in [4.78, 5) is 4.59. The van der Waals surface area contributed by atoms with Crippen LogP contribution in [0.1, 0.15) is 55.9 Å². The molecule has 0 aliphatic heterocycles. The smallest absolute Gasteiger partial charge is 0.308 e. The predicted molar refractivity (Wildman–Crippen MR) is 308 cm³/mol. The molecule has 0 fully saturated rings. The van der Waals surface area contributed by atoms with Gasteiger partial charge < -0.3 is 9.13 Å². The third-order valence-corrected chi connectivity index (χ3v) is 15.4. The zero-order valence-corrected chi connectivity index (χ0v) is 45.9. The summed E-state index contributed by atoms with van der Waals surface area (Å²) in [6, 6.07) is 42.0. The lowest BCUT2D eigenvalue weighted by molar-refractivity contribution is -0.138. The minimum Gasteiger partial charge on any atom is -0.308 e. The van der Waals surface area contributed by atoms with Crippen molar-refractivity contribution in [1.82, 2.24) is 14.1 Å². The maximum absolute atomic E-state index is 15.3. The molecule has 0 radical (unpaired) electrons. The lowest BCUT2D eigenvalue weighted by Gasteiger charge is -2.19. The Morgan fingerprint density at radius 2 is 0.605 bits per heavy atom. The number of pyridine rings is 1. The van der Waals surface area contributed by atoms with Crippen molar-refractivity contribution in [2.75, 3.05) is 0 Å². The van der Waals surface area contributed by atoms with Crippen LogP contribution in [0.25, 0.3) is 111 Å². The molecule has 0 aliphatic rings. The highest BCUT2D eigenvalue weighted by Gasteiger charge is 2.35. The second-order valence-corrected chi connectivity index (χ2v) is 21.7. The first-order valence-electron chi connectivity index (χ1n) is 26.7. The van der Waals surface area contributed by atoms with Gasteiger partial charge in [-0.2, -0.15) is 57.9 Å².